The van der Waals surface area contributed by atoms with E-state index in [1.807, 2.05) is 0 Å². The van der Waals surface area contributed by atoms with E-state index >= 15 is 0 Å². The molecule has 1 aliphatic rings. The van der Waals surface area contributed by atoms with Crippen LogP contribution < -0.4 is 0 Å². The second-order valence-corrected chi connectivity index (χ2v) is 7.01. The summed E-state index contributed by atoms with van der Waals surface area (Å²) in [6.07, 6.45) is 0.650. The van der Waals surface area contributed by atoms with Crippen molar-refractivity contribution < 1.29 is 12.8 Å². The largest absolute Gasteiger partial charge is 0.229 e. The molecule has 2 unspecified atom stereocenters. The molecule has 0 spiro atoms. The Morgan fingerprint density at radius 2 is 2.00 bits per heavy atom. The lowest BCUT2D eigenvalue weighted by Gasteiger charge is -2.20. The molecule has 0 radical (unpaired) electrons. The van der Waals surface area contributed by atoms with Crippen LogP contribution in [0.2, 0.25) is 0 Å². The molecule has 1 saturated heterocycles. The Labute approximate surface area is 106 Å². The minimum absolute atomic E-state index is 0.00505. The van der Waals surface area contributed by atoms with Gasteiger partial charge in [-0.2, -0.15) is 0 Å². The number of sulfone groups is 1. The van der Waals surface area contributed by atoms with Crippen LogP contribution in [0.15, 0.2) is 24.3 Å². The molecule has 0 bridgehead atoms. The number of halogens is 2. The van der Waals surface area contributed by atoms with Crippen LogP contribution in [0.5, 0.6) is 0 Å². The van der Waals surface area contributed by atoms with Gasteiger partial charge in [0.05, 0.1) is 11.5 Å². The molecular weight excluding hydrogens is 263 g/mol. The van der Waals surface area contributed by atoms with E-state index in [2.05, 4.69) is 0 Å². The molecule has 2 atom stereocenters. The molecule has 2 nitrogen and oxygen atoms in total. The van der Waals surface area contributed by atoms with Gasteiger partial charge in [-0.3, -0.25) is 0 Å². The van der Waals surface area contributed by atoms with Crippen molar-refractivity contribution in [2.45, 2.75) is 12.3 Å². The number of hydrogen-bond acceptors (Lipinski definition) is 2. The highest BCUT2D eigenvalue weighted by Gasteiger charge is 2.33. The standard InChI is InChI=1S/C12H14ClFO2S/c13-7-12(9-1-3-11(14)4-2-9)10-5-6-17(15,16)8-10/h1-4,10,12H,5-8H2. The van der Waals surface area contributed by atoms with E-state index in [1.54, 1.807) is 12.1 Å². The van der Waals surface area contributed by atoms with Gasteiger partial charge in [0.1, 0.15) is 5.82 Å². The fourth-order valence-electron chi connectivity index (χ4n) is 2.34. The van der Waals surface area contributed by atoms with Crippen LogP contribution in [-0.4, -0.2) is 25.8 Å². The maximum atomic E-state index is 12.8. The summed E-state index contributed by atoms with van der Waals surface area (Å²) in [5.74, 6) is 0.568. The van der Waals surface area contributed by atoms with E-state index in [1.165, 1.54) is 12.1 Å². The highest BCUT2D eigenvalue weighted by atomic mass is 35.5. The molecule has 94 valence electrons. The smallest absolute Gasteiger partial charge is 0.150 e. The summed E-state index contributed by atoms with van der Waals surface area (Å²) in [6.45, 7) is 0. The van der Waals surface area contributed by atoms with Gasteiger partial charge in [0.15, 0.2) is 9.84 Å². The zero-order chi connectivity index (χ0) is 12.5. The van der Waals surface area contributed by atoms with Crippen molar-refractivity contribution in [1.82, 2.24) is 0 Å². The summed E-state index contributed by atoms with van der Waals surface area (Å²) < 4.78 is 35.7. The van der Waals surface area contributed by atoms with Gasteiger partial charge >= 0.3 is 0 Å². The van der Waals surface area contributed by atoms with E-state index < -0.39 is 9.84 Å². The van der Waals surface area contributed by atoms with Crippen LogP contribution in [0.25, 0.3) is 0 Å². The molecule has 1 aliphatic heterocycles. The Morgan fingerprint density at radius 3 is 2.47 bits per heavy atom. The fraction of sp³-hybridized carbons (Fsp3) is 0.500. The average Bonchev–Trinajstić information content (AvgIpc) is 2.63. The molecule has 1 aromatic carbocycles. The van der Waals surface area contributed by atoms with E-state index in [9.17, 15) is 12.8 Å². The fourth-order valence-corrected chi connectivity index (χ4v) is 4.65. The van der Waals surface area contributed by atoms with Crippen molar-refractivity contribution in [3.8, 4) is 0 Å². The van der Waals surface area contributed by atoms with E-state index in [-0.39, 0.29) is 29.2 Å². The van der Waals surface area contributed by atoms with E-state index in [0.29, 0.717) is 12.3 Å². The van der Waals surface area contributed by atoms with Crippen LogP contribution in [0.1, 0.15) is 17.9 Å². The van der Waals surface area contributed by atoms with Crippen molar-refractivity contribution in [3.05, 3.63) is 35.6 Å². The summed E-state index contributed by atoms with van der Waals surface area (Å²) >= 11 is 5.93. The molecule has 2 rings (SSSR count). The SMILES string of the molecule is O=S1(=O)CCC(C(CCl)c2ccc(F)cc2)C1. The minimum Gasteiger partial charge on any atom is -0.229 e. The third kappa shape index (κ3) is 2.99. The zero-order valence-corrected chi connectivity index (χ0v) is 10.8. The van der Waals surface area contributed by atoms with Gasteiger partial charge in [-0.25, -0.2) is 12.8 Å². The molecular formula is C12H14ClFO2S. The number of rotatable bonds is 3. The Bertz CT molecular complexity index is 484. The highest BCUT2D eigenvalue weighted by molar-refractivity contribution is 7.91. The molecule has 5 heteroatoms. The topological polar surface area (TPSA) is 34.1 Å². The first-order valence-corrected chi connectivity index (χ1v) is 7.89. The molecule has 0 aromatic heterocycles. The summed E-state index contributed by atoms with van der Waals surface area (Å²) in [5, 5.41) is 0. The van der Waals surface area contributed by atoms with Gasteiger partial charge in [-0.05, 0) is 30.0 Å². The summed E-state index contributed by atoms with van der Waals surface area (Å²) in [6, 6.07) is 6.15. The highest BCUT2D eigenvalue weighted by Crippen LogP contribution is 2.34. The second-order valence-electron chi connectivity index (χ2n) is 4.48. The Hall–Kier alpha value is -0.610. The van der Waals surface area contributed by atoms with Crippen LogP contribution in [-0.2, 0) is 9.84 Å². The van der Waals surface area contributed by atoms with Crippen molar-refractivity contribution in [3.63, 3.8) is 0 Å². The van der Waals surface area contributed by atoms with Crippen molar-refractivity contribution in [1.29, 1.82) is 0 Å². The Kier molecular flexibility index (Phi) is 3.73. The second kappa shape index (κ2) is 4.94. The summed E-state index contributed by atoms with van der Waals surface area (Å²) in [5.41, 5.74) is 0.920. The predicted molar refractivity (Wildman–Crippen MR) is 66.6 cm³/mol. The molecule has 0 N–H and O–H groups in total. The first-order chi connectivity index (χ1) is 8.02. The van der Waals surface area contributed by atoms with Crippen molar-refractivity contribution >= 4 is 21.4 Å². The van der Waals surface area contributed by atoms with Gasteiger partial charge in [-0.1, -0.05) is 12.1 Å². The maximum absolute atomic E-state index is 12.8. The van der Waals surface area contributed by atoms with Gasteiger partial charge in [0, 0.05) is 11.8 Å². The first-order valence-electron chi connectivity index (χ1n) is 5.54. The van der Waals surface area contributed by atoms with Crippen molar-refractivity contribution in [2.24, 2.45) is 5.92 Å². The summed E-state index contributed by atoms with van der Waals surface area (Å²) in [4.78, 5) is 0. The first kappa shape index (κ1) is 12.8. The lowest BCUT2D eigenvalue weighted by molar-refractivity contribution is 0.500. The van der Waals surface area contributed by atoms with Crippen molar-refractivity contribution in [2.75, 3.05) is 17.4 Å². The lowest BCUT2D eigenvalue weighted by Crippen LogP contribution is -2.16. The van der Waals surface area contributed by atoms with Crippen LogP contribution >= 0.6 is 11.6 Å². The van der Waals surface area contributed by atoms with E-state index in [0.717, 1.165) is 5.56 Å². The normalized spacial score (nSPS) is 24.7. The third-order valence-corrected chi connectivity index (χ3v) is 5.43. The van der Waals surface area contributed by atoms with Crippen LogP contribution in [0, 0.1) is 11.7 Å². The number of benzene rings is 1. The molecule has 0 aliphatic carbocycles. The number of alkyl halides is 1. The predicted octanol–water partition coefficient (Wildman–Crippen LogP) is 2.58. The Balaban J connectivity index is 2.20. The molecule has 1 heterocycles. The molecule has 0 saturated carbocycles. The monoisotopic (exact) mass is 276 g/mol. The Morgan fingerprint density at radius 1 is 1.35 bits per heavy atom. The number of hydrogen-bond donors (Lipinski definition) is 0. The van der Waals surface area contributed by atoms with Crippen LogP contribution in [0.3, 0.4) is 0 Å². The third-order valence-electron chi connectivity index (χ3n) is 3.30. The molecule has 1 fully saturated rings. The van der Waals surface area contributed by atoms with E-state index in [4.69, 9.17) is 11.6 Å². The minimum atomic E-state index is -2.90. The quantitative estimate of drug-likeness (QED) is 0.795. The maximum Gasteiger partial charge on any atom is 0.150 e. The summed E-state index contributed by atoms with van der Waals surface area (Å²) in [7, 11) is -2.90. The molecule has 17 heavy (non-hydrogen) atoms. The molecule has 0 amide bonds. The van der Waals surface area contributed by atoms with Gasteiger partial charge in [-0.15, -0.1) is 11.6 Å². The van der Waals surface area contributed by atoms with Crippen LogP contribution in [0.4, 0.5) is 4.39 Å². The molecule has 1 aromatic rings. The average molecular weight is 277 g/mol. The van der Waals surface area contributed by atoms with Gasteiger partial charge in [0.25, 0.3) is 0 Å². The lowest BCUT2D eigenvalue weighted by atomic mass is 9.87. The van der Waals surface area contributed by atoms with Gasteiger partial charge < -0.3 is 0 Å². The zero-order valence-electron chi connectivity index (χ0n) is 9.27. The van der Waals surface area contributed by atoms with Gasteiger partial charge in [0.2, 0.25) is 0 Å².